The maximum Gasteiger partial charge on any atom is 0.338 e. The first-order chi connectivity index (χ1) is 10.1. The normalized spacial score (nSPS) is 10.9. The zero-order chi connectivity index (χ0) is 16.9. The molecule has 0 aliphatic carbocycles. The SMILES string of the molecule is C=C(C)C(=O)Oc1cc(C(=O)OCCS(=O)(=O)O)ccc1I. The lowest BCUT2D eigenvalue weighted by atomic mass is 10.2. The summed E-state index contributed by atoms with van der Waals surface area (Å²) in [5, 5.41) is 0. The van der Waals surface area contributed by atoms with E-state index >= 15 is 0 Å². The highest BCUT2D eigenvalue weighted by Crippen LogP contribution is 2.23. The summed E-state index contributed by atoms with van der Waals surface area (Å²) < 4.78 is 40.0. The van der Waals surface area contributed by atoms with Gasteiger partial charge >= 0.3 is 11.9 Å². The Morgan fingerprint density at radius 2 is 2.00 bits per heavy atom. The van der Waals surface area contributed by atoms with E-state index in [2.05, 4.69) is 6.58 Å². The van der Waals surface area contributed by atoms with E-state index in [-0.39, 0.29) is 16.9 Å². The predicted octanol–water partition coefficient (Wildman–Crippen LogP) is 1.82. The van der Waals surface area contributed by atoms with Crippen molar-refractivity contribution in [3.63, 3.8) is 0 Å². The minimum atomic E-state index is -4.20. The Balaban J connectivity index is 2.81. The van der Waals surface area contributed by atoms with Crippen LogP contribution in [0.5, 0.6) is 5.75 Å². The molecule has 0 saturated carbocycles. The van der Waals surface area contributed by atoms with Crippen LogP contribution in [0.15, 0.2) is 30.4 Å². The summed E-state index contributed by atoms with van der Waals surface area (Å²) in [6, 6.07) is 4.29. The molecule has 120 valence electrons. The van der Waals surface area contributed by atoms with Crippen molar-refractivity contribution >= 4 is 44.6 Å². The fraction of sp³-hybridized carbons (Fsp3) is 0.231. The van der Waals surface area contributed by atoms with E-state index in [0.29, 0.717) is 3.57 Å². The third-order valence-electron chi connectivity index (χ3n) is 2.29. The molecule has 22 heavy (non-hydrogen) atoms. The summed E-state index contributed by atoms with van der Waals surface area (Å²) in [4.78, 5) is 23.2. The van der Waals surface area contributed by atoms with E-state index in [0.717, 1.165) is 0 Å². The van der Waals surface area contributed by atoms with E-state index < -0.39 is 34.4 Å². The smallest absolute Gasteiger partial charge is 0.338 e. The van der Waals surface area contributed by atoms with E-state index in [1.165, 1.54) is 19.1 Å². The van der Waals surface area contributed by atoms with Crippen LogP contribution < -0.4 is 4.74 Å². The lowest BCUT2D eigenvalue weighted by molar-refractivity contribution is -0.130. The minimum Gasteiger partial charge on any atom is -0.461 e. The number of hydrogen-bond donors (Lipinski definition) is 1. The minimum absolute atomic E-state index is 0.0836. The molecule has 1 aromatic carbocycles. The second-order valence-corrected chi connectivity index (χ2v) is 6.97. The van der Waals surface area contributed by atoms with Gasteiger partial charge in [-0.05, 0) is 47.7 Å². The molecule has 1 rings (SSSR count). The molecule has 0 aliphatic heterocycles. The number of ether oxygens (including phenoxy) is 2. The number of hydrogen-bond acceptors (Lipinski definition) is 6. The molecule has 0 unspecified atom stereocenters. The Bertz CT molecular complexity index is 709. The van der Waals surface area contributed by atoms with Crippen LogP contribution in [0.3, 0.4) is 0 Å². The highest BCUT2D eigenvalue weighted by atomic mass is 127. The van der Waals surface area contributed by atoms with Gasteiger partial charge in [0.1, 0.15) is 18.1 Å². The Hall–Kier alpha value is -1.46. The second-order valence-electron chi connectivity index (χ2n) is 4.24. The van der Waals surface area contributed by atoms with Crippen molar-refractivity contribution in [2.45, 2.75) is 6.92 Å². The van der Waals surface area contributed by atoms with Gasteiger partial charge in [0, 0.05) is 5.57 Å². The maximum absolute atomic E-state index is 11.8. The molecule has 1 aromatic rings. The van der Waals surface area contributed by atoms with Crippen molar-refractivity contribution in [1.29, 1.82) is 0 Å². The Morgan fingerprint density at radius 3 is 2.55 bits per heavy atom. The van der Waals surface area contributed by atoms with Gasteiger partial charge in [-0.2, -0.15) is 8.42 Å². The average molecular weight is 440 g/mol. The first-order valence-corrected chi connectivity index (χ1v) is 8.58. The summed E-state index contributed by atoms with van der Waals surface area (Å²) in [6.07, 6.45) is 0. The number of carbonyl (C=O) groups is 2. The lowest BCUT2D eigenvalue weighted by Crippen LogP contribution is -2.15. The molecular weight excluding hydrogens is 427 g/mol. The highest BCUT2D eigenvalue weighted by Gasteiger charge is 2.15. The number of carbonyl (C=O) groups excluding carboxylic acids is 2. The van der Waals surface area contributed by atoms with Crippen LogP contribution in [0.2, 0.25) is 0 Å². The molecule has 0 radical (unpaired) electrons. The van der Waals surface area contributed by atoms with Crippen LogP contribution in [-0.2, 0) is 19.6 Å². The molecule has 0 aliphatic rings. The van der Waals surface area contributed by atoms with Gasteiger partial charge in [-0.15, -0.1) is 0 Å². The topological polar surface area (TPSA) is 107 Å². The first kappa shape index (κ1) is 18.6. The van der Waals surface area contributed by atoms with Gasteiger partial charge in [-0.1, -0.05) is 6.58 Å². The van der Waals surface area contributed by atoms with Gasteiger partial charge in [0.15, 0.2) is 0 Å². The van der Waals surface area contributed by atoms with Gasteiger partial charge < -0.3 is 9.47 Å². The van der Waals surface area contributed by atoms with Crippen LogP contribution >= 0.6 is 22.6 Å². The molecule has 0 aromatic heterocycles. The monoisotopic (exact) mass is 440 g/mol. The predicted molar refractivity (Wildman–Crippen MR) is 86.3 cm³/mol. The number of benzene rings is 1. The Labute approximate surface area is 141 Å². The molecule has 0 bridgehead atoms. The first-order valence-electron chi connectivity index (χ1n) is 5.89. The molecule has 0 saturated heterocycles. The molecule has 0 atom stereocenters. The van der Waals surface area contributed by atoms with Gasteiger partial charge in [-0.25, -0.2) is 9.59 Å². The van der Waals surface area contributed by atoms with E-state index in [1.807, 2.05) is 22.6 Å². The van der Waals surface area contributed by atoms with Crippen molar-refractivity contribution in [2.24, 2.45) is 0 Å². The summed E-state index contributed by atoms with van der Waals surface area (Å²) in [7, 11) is -4.20. The van der Waals surface area contributed by atoms with Gasteiger partial charge in [0.2, 0.25) is 0 Å². The third kappa shape index (κ3) is 6.12. The molecule has 0 fully saturated rings. The summed E-state index contributed by atoms with van der Waals surface area (Å²) >= 11 is 1.93. The zero-order valence-electron chi connectivity index (χ0n) is 11.5. The largest absolute Gasteiger partial charge is 0.461 e. The van der Waals surface area contributed by atoms with Gasteiger partial charge in [0.25, 0.3) is 10.1 Å². The van der Waals surface area contributed by atoms with Crippen LogP contribution in [0.4, 0.5) is 0 Å². The van der Waals surface area contributed by atoms with Crippen molar-refractivity contribution in [2.75, 3.05) is 12.4 Å². The van der Waals surface area contributed by atoms with Crippen LogP contribution in [0, 0.1) is 3.57 Å². The number of halogens is 1. The van der Waals surface area contributed by atoms with Crippen LogP contribution in [0.25, 0.3) is 0 Å². The van der Waals surface area contributed by atoms with E-state index in [1.54, 1.807) is 6.07 Å². The average Bonchev–Trinajstić information content (AvgIpc) is 2.39. The van der Waals surface area contributed by atoms with E-state index in [4.69, 9.17) is 14.0 Å². The Kier molecular flexibility index (Phi) is 6.50. The lowest BCUT2D eigenvalue weighted by Gasteiger charge is -2.08. The summed E-state index contributed by atoms with van der Waals surface area (Å²) in [5.74, 6) is -1.96. The van der Waals surface area contributed by atoms with Crippen LogP contribution in [-0.4, -0.2) is 37.3 Å². The molecule has 0 heterocycles. The fourth-order valence-electron chi connectivity index (χ4n) is 1.22. The quantitative estimate of drug-likeness (QED) is 0.237. The molecule has 9 heteroatoms. The molecule has 0 amide bonds. The van der Waals surface area contributed by atoms with Gasteiger partial charge in [-0.3, -0.25) is 4.55 Å². The van der Waals surface area contributed by atoms with E-state index in [9.17, 15) is 18.0 Å². The molecular formula is C13H13IO7S. The fourth-order valence-corrected chi connectivity index (χ4v) is 1.96. The number of rotatable bonds is 6. The maximum atomic E-state index is 11.8. The third-order valence-corrected chi connectivity index (χ3v) is 3.87. The van der Waals surface area contributed by atoms with Crippen molar-refractivity contribution in [3.8, 4) is 5.75 Å². The number of esters is 2. The summed E-state index contributed by atoms with van der Waals surface area (Å²) in [5.41, 5.74) is 0.289. The van der Waals surface area contributed by atoms with Gasteiger partial charge in [0.05, 0.1) is 9.13 Å². The molecule has 7 nitrogen and oxygen atoms in total. The standard InChI is InChI=1S/C13H13IO7S/c1-8(2)12(15)21-11-7-9(3-4-10(11)14)13(16)20-5-6-22(17,18)19/h3-4,7H,1,5-6H2,2H3,(H,17,18,19). The van der Waals surface area contributed by atoms with Crippen molar-refractivity contribution in [3.05, 3.63) is 39.5 Å². The molecule has 0 spiro atoms. The van der Waals surface area contributed by atoms with Crippen LogP contribution in [0.1, 0.15) is 17.3 Å². The second kappa shape index (κ2) is 7.70. The van der Waals surface area contributed by atoms with Crippen molar-refractivity contribution in [1.82, 2.24) is 0 Å². The summed E-state index contributed by atoms with van der Waals surface area (Å²) in [6.45, 7) is 4.46. The van der Waals surface area contributed by atoms with Crippen molar-refractivity contribution < 1.29 is 32.0 Å². The zero-order valence-corrected chi connectivity index (χ0v) is 14.5. The highest BCUT2D eigenvalue weighted by molar-refractivity contribution is 14.1. The Morgan fingerprint density at radius 1 is 1.36 bits per heavy atom. The molecule has 1 N–H and O–H groups in total.